The van der Waals surface area contributed by atoms with Gasteiger partial charge in [0.25, 0.3) is 0 Å². The van der Waals surface area contributed by atoms with E-state index in [1.54, 1.807) is 0 Å². The molecule has 0 saturated heterocycles. The minimum atomic E-state index is -0.0555. The highest BCUT2D eigenvalue weighted by molar-refractivity contribution is 5.91. The molecule has 0 spiro atoms. The van der Waals surface area contributed by atoms with E-state index in [0.717, 1.165) is 33.0 Å². The molecule has 268 valence electrons. The Balaban J connectivity index is 1.05. The standard InChI is InChI=1S/C53H41N3/c1-52(2)47-17-11-10-16-45(47)46-29-28-42(33-48(46)53(52,3)4)36-18-21-37(22-19-36)49-54-50(43-26-20-35-14-8-9-15-38(35)31-43)56-51(55-49)44-27-25-40-30-39(23-24-41(40)32-44)34-12-6-5-7-13-34/h5-33H,1-4H3. The summed E-state index contributed by atoms with van der Waals surface area (Å²) in [6, 6.07) is 63.0. The highest BCUT2D eigenvalue weighted by Gasteiger charge is 2.45. The third-order valence-electron chi connectivity index (χ3n) is 12.5. The summed E-state index contributed by atoms with van der Waals surface area (Å²) in [6.45, 7) is 9.53. The zero-order chi connectivity index (χ0) is 38.0. The maximum Gasteiger partial charge on any atom is 0.164 e. The molecule has 0 fully saturated rings. The monoisotopic (exact) mass is 719 g/mol. The molecule has 1 aliphatic carbocycles. The number of aromatic nitrogens is 3. The molecule has 9 aromatic rings. The van der Waals surface area contributed by atoms with Crippen LogP contribution < -0.4 is 0 Å². The first-order valence-corrected chi connectivity index (χ1v) is 19.4. The topological polar surface area (TPSA) is 38.7 Å². The van der Waals surface area contributed by atoms with Crippen molar-refractivity contribution in [2.75, 3.05) is 0 Å². The van der Waals surface area contributed by atoms with Gasteiger partial charge in [0.05, 0.1) is 0 Å². The van der Waals surface area contributed by atoms with Gasteiger partial charge in [-0.1, -0.05) is 179 Å². The normalized spacial score (nSPS) is 14.0. The first kappa shape index (κ1) is 33.8. The van der Waals surface area contributed by atoms with E-state index in [4.69, 9.17) is 15.0 Å². The van der Waals surface area contributed by atoms with Crippen LogP contribution in [-0.4, -0.2) is 15.0 Å². The lowest BCUT2D eigenvalue weighted by Gasteiger charge is -2.48. The summed E-state index contributed by atoms with van der Waals surface area (Å²) in [5.74, 6) is 1.95. The summed E-state index contributed by atoms with van der Waals surface area (Å²) in [5.41, 5.74) is 13.0. The Morgan fingerprint density at radius 1 is 0.286 bits per heavy atom. The highest BCUT2D eigenvalue weighted by Crippen LogP contribution is 2.54. The Morgan fingerprint density at radius 3 is 1.39 bits per heavy atom. The molecular weight excluding hydrogens is 679 g/mol. The van der Waals surface area contributed by atoms with Crippen molar-refractivity contribution in [3.63, 3.8) is 0 Å². The Bertz CT molecular complexity index is 2960. The largest absolute Gasteiger partial charge is 0.208 e. The van der Waals surface area contributed by atoms with Crippen molar-refractivity contribution < 1.29 is 0 Å². The molecule has 0 saturated carbocycles. The van der Waals surface area contributed by atoms with Gasteiger partial charge in [-0.3, -0.25) is 0 Å². The fourth-order valence-corrected chi connectivity index (χ4v) is 8.51. The molecule has 1 heterocycles. The van der Waals surface area contributed by atoms with Crippen LogP contribution in [0.2, 0.25) is 0 Å². The lowest BCUT2D eigenvalue weighted by Crippen LogP contribution is -2.43. The molecule has 0 N–H and O–H groups in total. The fraction of sp³-hybridized carbons (Fsp3) is 0.113. The van der Waals surface area contributed by atoms with Gasteiger partial charge in [-0.25, -0.2) is 15.0 Å². The molecule has 0 radical (unpaired) electrons. The van der Waals surface area contributed by atoms with Crippen LogP contribution in [0.4, 0.5) is 0 Å². The summed E-state index contributed by atoms with van der Waals surface area (Å²) in [4.78, 5) is 15.3. The SMILES string of the molecule is CC1(C)c2ccccc2-c2ccc(-c3ccc(-c4nc(-c5ccc6ccccc6c5)nc(-c5ccc6cc(-c7ccccc7)ccc6c5)n4)cc3)cc2C1(C)C. The van der Waals surface area contributed by atoms with E-state index in [0.29, 0.717) is 17.5 Å². The van der Waals surface area contributed by atoms with E-state index in [-0.39, 0.29) is 10.8 Å². The van der Waals surface area contributed by atoms with Gasteiger partial charge in [0.1, 0.15) is 0 Å². The zero-order valence-corrected chi connectivity index (χ0v) is 32.1. The van der Waals surface area contributed by atoms with Gasteiger partial charge in [-0.15, -0.1) is 0 Å². The summed E-state index contributed by atoms with van der Waals surface area (Å²) < 4.78 is 0. The van der Waals surface area contributed by atoms with Crippen molar-refractivity contribution in [1.29, 1.82) is 0 Å². The first-order chi connectivity index (χ1) is 27.2. The van der Waals surface area contributed by atoms with E-state index in [1.165, 1.54) is 49.7 Å². The first-order valence-electron chi connectivity index (χ1n) is 19.4. The van der Waals surface area contributed by atoms with E-state index < -0.39 is 0 Å². The molecule has 3 heteroatoms. The van der Waals surface area contributed by atoms with Gasteiger partial charge >= 0.3 is 0 Å². The molecule has 0 bridgehead atoms. The molecule has 0 atom stereocenters. The van der Waals surface area contributed by atoms with Crippen molar-refractivity contribution in [2.45, 2.75) is 38.5 Å². The van der Waals surface area contributed by atoms with Crippen LogP contribution in [0.25, 0.3) is 89.1 Å². The minimum absolute atomic E-state index is 0.0195. The Hall–Kier alpha value is -6.71. The summed E-state index contributed by atoms with van der Waals surface area (Å²) in [7, 11) is 0. The molecule has 10 rings (SSSR count). The number of benzene rings is 8. The maximum absolute atomic E-state index is 5.13. The highest BCUT2D eigenvalue weighted by atomic mass is 15.0. The summed E-state index contributed by atoms with van der Waals surface area (Å²) >= 11 is 0. The molecule has 1 aliphatic rings. The summed E-state index contributed by atoms with van der Waals surface area (Å²) in [6.07, 6.45) is 0. The quantitative estimate of drug-likeness (QED) is 0.178. The van der Waals surface area contributed by atoms with Gasteiger partial charge in [0.15, 0.2) is 17.5 Å². The van der Waals surface area contributed by atoms with Crippen molar-refractivity contribution in [3.8, 4) is 67.5 Å². The average Bonchev–Trinajstić information content (AvgIpc) is 3.25. The van der Waals surface area contributed by atoms with Crippen molar-refractivity contribution in [2.24, 2.45) is 0 Å². The van der Waals surface area contributed by atoms with Gasteiger partial charge in [-0.2, -0.15) is 0 Å². The molecule has 56 heavy (non-hydrogen) atoms. The number of hydrogen-bond donors (Lipinski definition) is 0. The van der Waals surface area contributed by atoms with Gasteiger partial charge in [0.2, 0.25) is 0 Å². The van der Waals surface area contributed by atoms with Crippen LogP contribution in [-0.2, 0) is 10.8 Å². The second-order valence-electron chi connectivity index (χ2n) is 16.1. The van der Waals surface area contributed by atoms with Gasteiger partial charge in [0, 0.05) is 16.7 Å². The number of rotatable bonds is 5. The molecule has 0 aliphatic heterocycles. The second kappa shape index (κ2) is 13.0. The summed E-state index contributed by atoms with van der Waals surface area (Å²) in [5, 5.41) is 4.65. The molecule has 0 unspecified atom stereocenters. The average molecular weight is 720 g/mol. The number of fused-ring (bicyclic) bond motifs is 5. The zero-order valence-electron chi connectivity index (χ0n) is 32.1. The van der Waals surface area contributed by atoms with E-state index in [1.807, 2.05) is 0 Å². The molecular formula is C53H41N3. The Labute approximate surface area is 328 Å². The third-order valence-corrected chi connectivity index (χ3v) is 12.5. The van der Waals surface area contributed by atoms with E-state index in [9.17, 15) is 0 Å². The lowest BCUT2D eigenvalue weighted by atomic mass is 9.55. The second-order valence-corrected chi connectivity index (χ2v) is 16.1. The van der Waals surface area contributed by atoms with Crippen LogP contribution in [0.1, 0.15) is 38.8 Å². The van der Waals surface area contributed by atoms with Crippen molar-refractivity contribution in [1.82, 2.24) is 15.0 Å². The fourth-order valence-electron chi connectivity index (χ4n) is 8.51. The molecule has 1 aromatic heterocycles. The number of nitrogens with zero attached hydrogens (tertiary/aromatic N) is 3. The Morgan fingerprint density at radius 2 is 0.696 bits per heavy atom. The third kappa shape index (κ3) is 5.62. The molecule has 3 nitrogen and oxygen atoms in total. The predicted molar refractivity (Wildman–Crippen MR) is 234 cm³/mol. The van der Waals surface area contributed by atoms with Gasteiger partial charge < -0.3 is 0 Å². The van der Waals surface area contributed by atoms with Crippen LogP contribution in [0.15, 0.2) is 176 Å². The molecule has 0 amide bonds. The van der Waals surface area contributed by atoms with Gasteiger partial charge in [-0.05, 0) is 101 Å². The minimum Gasteiger partial charge on any atom is -0.208 e. The number of hydrogen-bond acceptors (Lipinski definition) is 3. The smallest absolute Gasteiger partial charge is 0.164 e. The van der Waals surface area contributed by atoms with Crippen LogP contribution >= 0.6 is 0 Å². The van der Waals surface area contributed by atoms with Crippen molar-refractivity contribution in [3.05, 3.63) is 187 Å². The Kier molecular flexibility index (Phi) is 7.83. The lowest BCUT2D eigenvalue weighted by molar-refractivity contribution is 0.299. The van der Waals surface area contributed by atoms with Crippen LogP contribution in [0, 0.1) is 0 Å². The maximum atomic E-state index is 5.13. The van der Waals surface area contributed by atoms with Crippen LogP contribution in [0.3, 0.4) is 0 Å². The predicted octanol–water partition coefficient (Wildman–Crippen LogP) is 13.7. The van der Waals surface area contributed by atoms with Crippen LogP contribution in [0.5, 0.6) is 0 Å². The van der Waals surface area contributed by atoms with E-state index in [2.05, 4.69) is 204 Å². The molecule has 8 aromatic carbocycles. The van der Waals surface area contributed by atoms with Crippen molar-refractivity contribution >= 4 is 21.5 Å². The van der Waals surface area contributed by atoms with E-state index >= 15 is 0 Å².